The summed E-state index contributed by atoms with van der Waals surface area (Å²) in [5.74, 6) is 0.666. The second kappa shape index (κ2) is 5.05. The Bertz CT molecular complexity index is 285. The largest absolute Gasteiger partial charge is 0.405 e. The van der Waals surface area contributed by atoms with Crippen LogP contribution < -0.4 is 11.5 Å². The van der Waals surface area contributed by atoms with Crippen LogP contribution in [0.5, 0.6) is 0 Å². The molecule has 0 aliphatic heterocycles. The summed E-state index contributed by atoms with van der Waals surface area (Å²) < 4.78 is 0. The van der Waals surface area contributed by atoms with E-state index in [1.165, 1.54) is 12.8 Å². The summed E-state index contributed by atoms with van der Waals surface area (Å²) in [6.07, 6.45) is 5.24. The number of rotatable bonds is 5. The van der Waals surface area contributed by atoms with Crippen molar-refractivity contribution in [1.29, 1.82) is 0 Å². The minimum absolute atomic E-state index is 0.149. The maximum atomic E-state index is 6.19. The molecule has 0 aromatic heterocycles. The zero-order valence-electron chi connectivity index (χ0n) is 12.1. The molecular formula is C14H28BN2. The van der Waals surface area contributed by atoms with Crippen LogP contribution in [0.2, 0.25) is 6.32 Å². The molecular weight excluding hydrogens is 207 g/mol. The third-order valence-electron chi connectivity index (χ3n) is 4.59. The predicted molar refractivity (Wildman–Crippen MR) is 76.8 cm³/mol. The fourth-order valence-electron chi connectivity index (χ4n) is 1.72. The van der Waals surface area contributed by atoms with E-state index in [9.17, 15) is 0 Å². The lowest BCUT2D eigenvalue weighted by Gasteiger charge is -2.39. The molecule has 0 bridgehead atoms. The Morgan fingerprint density at radius 2 is 1.82 bits per heavy atom. The van der Waals surface area contributed by atoms with Crippen LogP contribution in [0, 0.1) is 16.7 Å². The summed E-state index contributed by atoms with van der Waals surface area (Å²) in [5.41, 5.74) is 13.6. The van der Waals surface area contributed by atoms with Gasteiger partial charge < -0.3 is 11.5 Å². The van der Waals surface area contributed by atoms with Crippen molar-refractivity contribution in [3.8, 4) is 0 Å². The lowest BCUT2D eigenvalue weighted by molar-refractivity contribution is 0.156. The Labute approximate surface area is 107 Å². The SMILES string of the molecule is CC(C)(C)C(C)(C)C[B]/C(=C/N)C(N)C1CC1. The molecule has 1 fully saturated rings. The van der Waals surface area contributed by atoms with Gasteiger partial charge in [-0.2, -0.15) is 0 Å². The Balaban J connectivity index is 2.53. The van der Waals surface area contributed by atoms with Crippen LogP contribution in [0.4, 0.5) is 0 Å². The summed E-state index contributed by atoms with van der Waals surface area (Å²) in [5, 5.41) is 0. The molecule has 0 spiro atoms. The molecule has 1 saturated carbocycles. The summed E-state index contributed by atoms with van der Waals surface area (Å²) in [6, 6.07) is 0.149. The molecule has 4 N–H and O–H groups in total. The Kier molecular flexibility index (Phi) is 4.35. The van der Waals surface area contributed by atoms with Crippen LogP contribution in [0.15, 0.2) is 11.7 Å². The molecule has 3 heteroatoms. The zero-order valence-corrected chi connectivity index (χ0v) is 12.1. The lowest BCUT2D eigenvalue weighted by Crippen LogP contribution is -2.34. The quantitative estimate of drug-likeness (QED) is 0.720. The highest BCUT2D eigenvalue weighted by Crippen LogP contribution is 2.42. The van der Waals surface area contributed by atoms with E-state index in [2.05, 4.69) is 41.9 Å². The van der Waals surface area contributed by atoms with E-state index >= 15 is 0 Å². The minimum Gasteiger partial charge on any atom is -0.405 e. The van der Waals surface area contributed by atoms with Crippen LogP contribution in [0.1, 0.15) is 47.5 Å². The molecule has 0 heterocycles. The fourth-order valence-corrected chi connectivity index (χ4v) is 1.72. The van der Waals surface area contributed by atoms with Gasteiger partial charge in [-0.05, 0) is 35.8 Å². The van der Waals surface area contributed by atoms with E-state index in [0.29, 0.717) is 5.92 Å². The highest BCUT2D eigenvalue weighted by Gasteiger charge is 2.35. The van der Waals surface area contributed by atoms with Gasteiger partial charge in [0.1, 0.15) is 0 Å². The fraction of sp³-hybridized carbons (Fsp3) is 0.857. The van der Waals surface area contributed by atoms with Crippen molar-refractivity contribution in [1.82, 2.24) is 0 Å². The van der Waals surface area contributed by atoms with Gasteiger partial charge >= 0.3 is 0 Å². The molecule has 0 aromatic rings. The summed E-state index contributed by atoms with van der Waals surface area (Å²) in [4.78, 5) is 0. The van der Waals surface area contributed by atoms with Crippen molar-refractivity contribution in [2.45, 2.75) is 59.8 Å². The minimum atomic E-state index is 0.149. The van der Waals surface area contributed by atoms with Gasteiger partial charge in [0.05, 0.1) is 0 Å². The maximum Gasteiger partial charge on any atom is 0.150 e. The van der Waals surface area contributed by atoms with Gasteiger partial charge in [0.2, 0.25) is 0 Å². The second-order valence-corrected chi connectivity index (χ2v) is 7.07. The van der Waals surface area contributed by atoms with Gasteiger partial charge in [0.15, 0.2) is 7.28 Å². The number of hydrogen-bond acceptors (Lipinski definition) is 2. The first-order valence-corrected chi connectivity index (χ1v) is 6.69. The van der Waals surface area contributed by atoms with Crippen molar-refractivity contribution in [2.24, 2.45) is 28.2 Å². The van der Waals surface area contributed by atoms with E-state index in [-0.39, 0.29) is 16.9 Å². The molecule has 1 unspecified atom stereocenters. The van der Waals surface area contributed by atoms with E-state index in [1.54, 1.807) is 6.20 Å². The first-order chi connectivity index (χ1) is 7.69. The van der Waals surface area contributed by atoms with Crippen LogP contribution >= 0.6 is 0 Å². The van der Waals surface area contributed by atoms with E-state index in [0.717, 1.165) is 11.8 Å². The Morgan fingerprint density at radius 3 is 2.18 bits per heavy atom. The van der Waals surface area contributed by atoms with Crippen LogP contribution in [-0.4, -0.2) is 13.3 Å². The van der Waals surface area contributed by atoms with Crippen LogP contribution in [-0.2, 0) is 0 Å². The van der Waals surface area contributed by atoms with Crippen LogP contribution in [0.25, 0.3) is 0 Å². The highest BCUT2D eigenvalue weighted by atomic mass is 14.7. The molecule has 1 aliphatic rings. The summed E-state index contributed by atoms with van der Waals surface area (Å²) in [6.45, 7) is 11.5. The summed E-state index contributed by atoms with van der Waals surface area (Å²) >= 11 is 0. The molecule has 1 rings (SSSR count). The first-order valence-electron chi connectivity index (χ1n) is 6.69. The van der Waals surface area contributed by atoms with E-state index in [1.807, 2.05) is 0 Å². The zero-order chi connectivity index (χ0) is 13.3. The molecule has 1 atom stereocenters. The van der Waals surface area contributed by atoms with Gasteiger partial charge in [-0.3, -0.25) is 0 Å². The van der Waals surface area contributed by atoms with Gasteiger partial charge in [-0.25, -0.2) is 0 Å². The number of nitrogens with two attached hydrogens (primary N) is 2. The molecule has 1 radical (unpaired) electrons. The molecule has 97 valence electrons. The van der Waals surface area contributed by atoms with Gasteiger partial charge in [-0.15, -0.1) is 0 Å². The monoisotopic (exact) mass is 235 g/mol. The molecule has 0 amide bonds. The average Bonchev–Trinajstić information content (AvgIpc) is 2.99. The van der Waals surface area contributed by atoms with Crippen molar-refractivity contribution in [2.75, 3.05) is 0 Å². The van der Waals surface area contributed by atoms with Gasteiger partial charge in [0.25, 0.3) is 0 Å². The third kappa shape index (κ3) is 3.77. The van der Waals surface area contributed by atoms with Crippen molar-refractivity contribution in [3.63, 3.8) is 0 Å². The molecule has 2 nitrogen and oxygen atoms in total. The smallest absolute Gasteiger partial charge is 0.150 e. The average molecular weight is 235 g/mol. The topological polar surface area (TPSA) is 52.0 Å². The normalized spacial score (nSPS) is 20.2. The number of hydrogen-bond donors (Lipinski definition) is 2. The maximum absolute atomic E-state index is 6.19. The van der Waals surface area contributed by atoms with Crippen molar-refractivity contribution in [3.05, 3.63) is 11.7 Å². The first kappa shape index (κ1) is 14.6. The summed E-state index contributed by atoms with van der Waals surface area (Å²) in [7, 11) is 2.24. The molecule has 17 heavy (non-hydrogen) atoms. The lowest BCUT2D eigenvalue weighted by atomic mass is 9.52. The van der Waals surface area contributed by atoms with Gasteiger partial charge in [-0.1, -0.05) is 46.4 Å². The standard InChI is InChI=1S/C14H28BN2/c1-13(2,3)14(4,5)9-15-11(8-16)12(17)10-6-7-10/h8,10,12H,6-7,9,16-17H2,1-5H3/b11-8+. The molecule has 1 aliphatic carbocycles. The molecule has 0 saturated heterocycles. The van der Waals surface area contributed by atoms with Gasteiger partial charge in [0, 0.05) is 6.04 Å². The molecule has 0 aromatic carbocycles. The highest BCUT2D eigenvalue weighted by molar-refractivity contribution is 6.46. The van der Waals surface area contributed by atoms with Crippen molar-refractivity contribution >= 4 is 7.28 Å². The third-order valence-corrected chi connectivity index (χ3v) is 4.59. The van der Waals surface area contributed by atoms with E-state index in [4.69, 9.17) is 11.5 Å². The Hall–Kier alpha value is -0.435. The van der Waals surface area contributed by atoms with Crippen molar-refractivity contribution < 1.29 is 0 Å². The van der Waals surface area contributed by atoms with E-state index < -0.39 is 0 Å². The van der Waals surface area contributed by atoms with Crippen LogP contribution in [0.3, 0.4) is 0 Å². The second-order valence-electron chi connectivity index (χ2n) is 7.07. The predicted octanol–water partition coefficient (Wildman–Crippen LogP) is 2.72. The Morgan fingerprint density at radius 1 is 1.29 bits per heavy atom.